The Kier molecular flexibility index (Phi) is 6.04. The monoisotopic (exact) mass is 418 g/mol. The topological polar surface area (TPSA) is 39.7 Å². The van der Waals surface area contributed by atoms with Crippen molar-refractivity contribution >= 4 is 34.9 Å². The molecule has 148 valence electrons. The van der Waals surface area contributed by atoms with Gasteiger partial charge in [0.1, 0.15) is 5.82 Å². The SMILES string of the molecule is O=C(C1CCCN1Cc1ccccc1)N1CCN(c2ncc(Cl)cc2Cl)CC1. The number of likely N-dealkylation sites (tertiary alicyclic amines) is 1. The summed E-state index contributed by atoms with van der Waals surface area (Å²) in [5.74, 6) is 0.993. The largest absolute Gasteiger partial charge is 0.352 e. The summed E-state index contributed by atoms with van der Waals surface area (Å²) < 4.78 is 0. The molecule has 2 aliphatic rings. The maximum absolute atomic E-state index is 13.2. The molecule has 1 unspecified atom stereocenters. The average molecular weight is 419 g/mol. The summed E-state index contributed by atoms with van der Waals surface area (Å²) >= 11 is 12.2. The van der Waals surface area contributed by atoms with E-state index in [1.165, 1.54) is 5.56 Å². The third-order valence-corrected chi connectivity index (χ3v) is 6.04. The Balaban J connectivity index is 1.36. The van der Waals surface area contributed by atoms with Crippen LogP contribution >= 0.6 is 23.2 Å². The predicted octanol–water partition coefficient (Wildman–Crippen LogP) is 3.70. The fourth-order valence-corrected chi connectivity index (χ4v) is 4.60. The standard InChI is InChI=1S/C21H24Cl2N4O/c22-17-13-18(23)20(24-14-17)25-9-11-26(12-10-25)21(28)19-7-4-8-27(19)15-16-5-2-1-3-6-16/h1-3,5-6,13-14,19H,4,7-12,15H2. The minimum Gasteiger partial charge on any atom is -0.352 e. The molecule has 1 atom stereocenters. The third kappa shape index (κ3) is 4.27. The van der Waals surface area contributed by atoms with Crippen LogP contribution in [0.3, 0.4) is 0 Å². The highest BCUT2D eigenvalue weighted by molar-refractivity contribution is 6.36. The van der Waals surface area contributed by atoms with E-state index in [1.54, 1.807) is 12.3 Å². The van der Waals surface area contributed by atoms with Crippen LogP contribution in [0.15, 0.2) is 42.6 Å². The number of piperazine rings is 1. The summed E-state index contributed by atoms with van der Waals surface area (Å²) in [6, 6.07) is 12.1. The van der Waals surface area contributed by atoms with Gasteiger partial charge in [-0.1, -0.05) is 53.5 Å². The number of carbonyl (C=O) groups excluding carboxylic acids is 1. The maximum atomic E-state index is 13.2. The molecule has 1 amide bonds. The lowest BCUT2D eigenvalue weighted by Gasteiger charge is -2.38. The first-order chi connectivity index (χ1) is 13.6. The molecular formula is C21H24Cl2N4O. The van der Waals surface area contributed by atoms with Gasteiger partial charge in [0.05, 0.1) is 16.1 Å². The molecule has 3 heterocycles. The summed E-state index contributed by atoms with van der Waals surface area (Å²) in [5, 5.41) is 1.08. The van der Waals surface area contributed by atoms with Crippen LogP contribution < -0.4 is 4.90 Å². The van der Waals surface area contributed by atoms with E-state index >= 15 is 0 Å². The molecule has 2 aliphatic heterocycles. The van der Waals surface area contributed by atoms with Crippen molar-refractivity contribution < 1.29 is 4.79 Å². The number of rotatable bonds is 4. The number of halogens is 2. The quantitative estimate of drug-likeness (QED) is 0.758. The summed E-state index contributed by atoms with van der Waals surface area (Å²) in [7, 11) is 0. The lowest BCUT2D eigenvalue weighted by Crippen LogP contribution is -2.53. The molecule has 7 heteroatoms. The first kappa shape index (κ1) is 19.5. The Morgan fingerprint density at radius 3 is 2.54 bits per heavy atom. The molecule has 1 aromatic carbocycles. The molecule has 28 heavy (non-hydrogen) atoms. The van der Waals surface area contributed by atoms with Crippen LogP contribution in [0.5, 0.6) is 0 Å². The van der Waals surface area contributed by atoms with Gasteiger partial charge in [-0.15, -0.1) is 0 Å². The fraction of sp³-hybridized carbons (Fsp3) is 0.429. The predicted molar refractivity (Wildman–Crippen MR) is 113 cm³/mol. The van der Waals surface area contributed by atoms with Gasteiger partial charge in [0.25, 0.3) is 0 Å². The van der Waals surface area contributed by atoms with Crippen LogP contribution in [0.1, 0.15) is 18.4 Å². The molecule has 2 fully saturated rings. The van der Waals surface area contributed by atoms with Gasteiger partial charge >= 0.3 is 0 Å². The second-order valence-corrected chi connectivity index (χ2v) is 8.23. The zero-order chi connectivity index (χ0) is 19.5. The number of aromatic nitrogens is 1. The minimum atomic E-state index is -0.0102. The van der Waals surface area contributed by atoms with Crippen molar-refractivity contribution in [1.29, 1.82) is 0 Å². The van der Waals surface area contributed by atoms with Crippen molar-refractivity contribution in [3.05, 3.63) is 58.2 Å². The van der Waals surface area contributed by atoms with E-state index in [2.05, 4.69) is 39.0 Å². The van der Waals surface area contributed by atoms with Gasteiger partial charge in [-0.05, 0) is 31.0 Å². The lowest BCUT2D eigenvalue weighted by molar-refractivity contribution is -0.136. The maximum Gasteiger partial charge on any atom is 0.240 e. The van der Waals surface area contributed by atoms with Crippen molar-refractivity contribution in [3.63, 3.8) is 0 Å². The second-order valence-electron chi connectivity index (χ2n) is 7.39. The molecule has 2 saturated heterocycles. The van der Waals surface area contributed by atoms with Gasteiger partial charge < -0.3 is 9.80 Å². The van der Waals surface area contributed by atoms with Crippen LogP contribution in [0.25, 0.3) is 0 Å². The smallest absolute Gasteiger partial charge is 0.240 e. The summed E-state index contributed by atoms with van der Waals surface area (Å²) in [5.41, 5.74) is 1.26. The first-order valence-corrected chi connectivity index (χ1v) is 10.5. The Bertz CT molecular complexity index is 824. The molecule has 0 saturated carbocycles. The highest BCUT2D eigenvalue weighted by atomic mass is 35.5. The average Bonchev–Trinajstić information content (AvgIpc) is 3.16. The molecule has 4 rings (SSSR count). The zero-order valence-electron chi connectivity index (χ0n) is 15.7. The van der Waals surface area contributed by atoms with Gasteiger partial charge in [-0.3, -0.25) is 9.69 Å². The van der Waals surface area contributed by atoms with Crippen molar-refractivity contribution in [2.24, 2.45) is 0 Å². The number of carbonyl (C=O) groups is 1. The summed E-state index contributed by atoms with van der Waals surface area (Å²) in [4.78, 5) is 24.0. The molecule has 0 aliphatic carbocycles. The van der Waals surface area contributed by atoms with Crippen LogP contribution in [0, 0.1) is 0 Å². The van der Waals surface area contributed by atoms with Gasteiger partial charge in [0, 0.05) is 38.9 Å². The highest BCUT2D eigenvalue weighted by Gasteiger charge is 2.35. The van der Waals surface area contributed by atoms with E-state index in [9.17, 15) is 4.79 Å². The number of hydrogen-bond donors (Lipinski definition) is 0. The van der Waals surface area contributed by atoms with Crippen LogP contribution in [-0.4, -0.2) is 59.5 Å². The van der Waals surface area contributed by atoms with Gasteiger partial charge in [-0.2, -0.15) is 0 Å². The van der Waals surface area contributed by atoms with Crippen LogP contribution in [-0.2, 0) is 11.3 Å². The molecule has 0 radical (unpaired) electrons. The molecule has 5 nitrogen and oxygen atoms in total. The minimum absolute atomic E-state index is 0.0102. The third-order valence-electron chi connectivity index (χ3n) is 5.56. The van der Waals surface area contributed by atoms with Crippen molar-refractivity contribution in [3.8, 4) is 0 Å². The molecule has 0 spiro atoms. The highest BCUT2D eigenvalue weighted by Crippen LogP contribution is 2.28. The van der Waals surface area contributed by atoms with E-state index in [0.29, 0.717) is 23.1 Å². The van der Waals surface area contributed by atoms with Gasteiger partial charge in [0.2, 0.25) is 5.91 Å². The van der Waals surface area contributed by atoms with Gasteiger partial charge in [-0.25, -0.2) is 4.98 Å². The lowest BCUT2D eigenvalue weighted by atomic mass is 10.1. The Hall–Kier alpha value is -1.82. The Labute approximate surface area is 175 Å². The van der Waals surface area contributed by atoms with Crippen molar-refractivity contribution in [1.82, 2.24) is 14.8 Å². The summed E-state index contributed by atoms with van der Waals surface area (Å²) in [6.45, 7) is 4.65. The van der Waals surface area contributed by atoms with E-state index in [1.807, 2.05) is 11.0 Å². The van der Waals surface area contributed by atoms with Crippen molar-refractivity contribution in [2.75, 3.05) is 37.6 Å². The van der Waals surface area contributed by atoms with E-state index < -0.39 is 0 Å². The number of hydrogen-bond acceptors (Lipinski definition) is 4. The van der Waals surface area contributed by atoms with Crippen LogP contribution in [0.2, 0.25) is 10.0 Å². The molecule has 0 bridgehead atoms. The second kappa shape index (κ2) is 8.68. The number of amides is 1. The van der Waals surface area contributed by atoms with E-state index in [4.69, 9.17) is 23.2 Å². The van der Waals surface area contributed by atoms with E-state index in [-0.39, 0.29) is 11.9 Å². The number of pyridine rings is 1. The molecule has 0 N–H and O–H groups in total. The summed E-state index contributed by atoms with van der Waals surface area (Å²) in [6.07, 6.45) is 3.63. The van der Waals surface area contributed by atoms with Gasteiger partial charge in [0.15, 0.2) is 0 Å². The number of benzene rings is 1. The molecular weight excluding hydrogens is 395 g/mol. The van der Waals surface area contributed by atoms with Crippen molar-refractivity contribution in [2.45, 2.75) is 25.4 Å². The number of nitrogens with zero attached hydrogens (tertiary/aromatic N) is 4. The number of anilines is 1. The zero-order valence-corrected chi connectivity index (χ0v) is 17.2. The van der Waals surface area contributed by atoms with Crippen LogP contribution in [0.4, 0.5) is 5.82 Å². The first-order valence-electron chi connectivity index (χ1n) is 9.74. The fourth-order valence-electron chi connectivity index (χ4n) is 4.10. The van der Waals surface area contributed by atoms with E-state index in [0.717, 1.165) is 44.8 Å². The molecule has 2 aromatic rings. The Morgan fingerprint density at radius 1 is 1.07 bits per heavy atom. The molecule has 1 aromatic heterocycles. The normalized spacial score (nSPS) is 20.6. The Morgan fingerprint density at radius 2 is 1.82 bits per heavy atom.